The highest BCUT2D eigenvalue weighted by molar-refractivity contribution is 5.84. The first-order valence-electron chi connectivity index (χ1n) is 5.51. The SMILES string of the molecule is C=CCC(COC)(NC(=O)OC(C)(C)C)C(=O)O. The smallest absolute Gasteiger partial charge is 0.408 e. The Hall–Kier alpha value is -1.56. The molecule has 104 valence electrons. The molecule has 0 fully saturated rings. The molecule has 0 aliphatic heterocycles. The number of aliphatic carboxylic acids is 1. The van der Waals surface area contributed by atoms with Gasteiger partial charge >= 0.3 is 12.1 Å². The Morgan fingerprint density at radius 3 is 2.28 bits per heavy atom. The van der Waals surface area contributed by atoms with E-state index in [1.807, 2.05) is 0 Å². The van der Waals surface area contributed by atoms with Gasteiger partial charge in [0.15, 0.2) is 5.54 Å². The van der Waals surface area contributed by atoms with Crippen LogP contribution < -0.4 is 5.32 Å². The summed E-state index contributed by atoms with van der Waals surface area (Å²) in [6, 6.07) is 0. The number of amides is 1. The minimum absolute atomic E-state index is 0.0371. The highest BCUT2D eigenvalue weighted by Crippen LogP contribution is 2.15. The molecule has 0 saturated carbocycles. The lowest BCUT2D eigenvalue weighted by molar-refractivity contribution is -0.147. The molecule has 1 amide bonds. The van der Waals surface area contributed by atoms with Crippen LogP contribution in [0.3, 0.4) is 0 Å². The number of carbonyl (C=O) groups excluding carboxylic acids is 1. The number of alkyl carbamates (subject to hydrolysis) is 1. The average molecular weight is 259 g/mol. The van der Waals surface area contributed by atoms with Crippen LogP contribution in [0, 0.1) is 0 Å². The van der Waals surface area contributed by atoms with Gasteiger partial charge in [0.05, 0.1) is 6.61 Å². The maximum atomic E-state index is 11.6. The van der Waals surface area contributed by atoms with E-state index in [0.717, 1.165) is 0 Å². The number of rotatable bonds is 6. The summed E-state index contributed by atoms with van der Waals surface area (Å²) in [5.41, 5.74) is -2.26. The van der Waals surface area contributed by atoms with Crippen molar-refractivity contribution in [3.8, 4) is 0 Å². The summed E-state index contributed by atoms with van der Waals surface area (Å²) in [6.45, 7) is 8.39. The average Bonchev–Trinajstić information content (AvgIpc) is 2.14. The summed E-state index contributed by atoms with van der Waals surface area (Å²) in [4.78, 5) is 22.9. The molecule has 0 aromatic carbocycles. The van der Waals surface area contributed by atoms with Gasteiger partial charge in [0.2, 0.25) is 0 Å². The first-order valence-corrected chi connectivity index (χ1v) is 5.51. The molecule has 0 aliphatic carbocycles. The normalized spacial score (nSPS) is 14.4. The van der Waals surface area contributed by atoms with E-state index in [4.69, 9.17) is 9.47 Å². The summed E-state index contributed by atoms with van der Waals surface area (Å²) in [6.07, 6.45) is 0.642. The second kappa shape index (κ2) is 6.39. The Balaban J connectivity index is 4.92. The van der Waals surface area contributed by atoms with Crippen molar-refractivity contribution in [1.82, 2.24) is 5.32 Å². The van der Waals surface area contributed by atoms with Crippen molar-refractivity contribution in [2.45, 2.75) is 38.3 Å². The molecule has 1 unspecified atom stereocenters. The van der Waals surface area contributed by atoms with E-state index in [9.17, 15) is 14.7 Å². The molecular weight excluding hydrogens is 238 g/mol. The van der Waals surface area contributed by atoms with E-state index in [1.54, 1.807) is 20.8 Å². The summed E-state index contributed by atoms with van der Waals surface area (Å²) in [5, 5.41) is 11.6. The standard InChI is InChI=1S/C12H21NO5/c1-6-7-12(8-17-5,9(14)15)13-10(16)18-11(2,3)4/h6H,1,7-8H2,2-5H3,(H,13,16)(H,14,15). The molecule has 0 bridgehead atoms. The Morgan fingerprint density at radius 2 is 1.94 bits per heavy atom. The molecular formula is C12H21NO5. The topological polar surface area (TPSA) is 84.9 Å². The lowest BCUT2D eigenvalue weighted by Gasteiger charge is -2.30. The van der Waals surface area contributed by atoms with Crippen molar-refractivity contribution < 1.29 is 24.2 Å². The fourth-order valence-corrected chi connectivity index (χ4v) is 1.34. The van der Waals surface area contributed by atoms with Crippen LogP contribution in [0.15, 0.2) is 12.7 Å². The van der Waals surface area contributed by atoms with Crippen LogP contribution in [-0.4, -0.2) is 42.0 Å². The predicted octanol–water partition coefficient (Wildman–Crippen LogP) is 1.56. The number of methoxy groups -OCH3 is 1. The van der Waals surface area contributed by atoms with E-state index in [2.05, 4.69) is 11.9 Å². The maximum Gasteiger partial charge on any atom is 0.408 e. The molecule has 1 atom stereocenters. The van der Waals surface area contributed by atoms with Crippen molar-refractivity contribution in [3.05, 3.63) is 12.7 Å². The van der Waals surface area contributed by atoms with E-state index in [-0.39, 0.29) is 13.0 Å². The summed E-state index contributed by atoms with van der Waals surface area (Å²) in [5.74, 6) is -1.20. The van der Waals surface area contributed by atoms with Crippen molar-refractivity contribution in [2.75, 3.05) is 13.7 Å². The molecule has 0 spiro atoms. The number of hydrogen-bond donors (Lipinski definition) is 2. The van der Waals surface area contributed by atoms with E-state index < -0.39 is 23.2 Å². The van der Waals surface area contributed by atoms with Crippen molar-refractivity contribution in [2.24, 2.45) is 0 Å². The van der Waals surface area contributed by atoms with E-state index >= 15 is 0 Å². The first-order chi connectivity index (χ1) is 8.17. The van der Waals surface area contributed by atoms with Crippen LogP contribution in [0.4, 0.5) is 4.79 Å². The molecule has 6 heteroatoms. The maximum absolute atomic E-state index is 11.6. The third kappa shape index (κ3) is 5.18. The second-order valence-corrected chi connectivity index (χ2v) is 4.94. The molecule has 0 aromatic heterocycles. The van der Waals surface area contributed by atoms with Crippen LogP contribution in [0.5, 0.6) is 0 Å². The molecule has 0 aliphatic rings. The zero-order chi connectivity index (χ0) is 14.4. The lowest BCUT2D eigenvalue weighted by atomic mass is 9.96. The molecule has 0 aromatic rings. The fraction of sp³-hybridized carbons (Fsp3) is 0.667. The van der Waals surface area contributed by atoms with Crippen molar-refractivity contribution in [1.29, 1.82) is 0 Å². The summed E-state index contributed by atoms with van der Waals surface area (Å²) in [7, 11) is 1.36. The lowest BCUT2D eigenvalue weighted by Crippen LogP contribution is -2.58. The van der Waals surface area contributed by atoms with Crippen molar-refractivity contribution >= 4 is 12.1 Å². The summed E-state index contributed by atoms with van der Waals surface area (Å²) < 4.78 is 9.89. The largest absolute Gasteiger partial charge is 0.479 e. The minimum Gasteiger partial charge on any atom is -0.479 e. The molecule has 0 radical (unpaired) electrons. The molecule has 6 nitrogen and oxygen atoms in total. The van der Waals surface area contributed by atoms with E-state index in [0.29, 0.717) is 0 Å². The van der Waals surface area contributed by atoms with Gasteiger partial charge in [-0.2, -0.15) is 0 Å². The van der Waals surface area contributed by atoms with Gasteiger partial charge in [0, 0.05) is 13.5 Å². The van der Waals surface area contributed by atoms with Gasteiger partial charge in [0.1, 0.15) is 5.60 Å². The highest BCUT2D eigenvalue weighted by Gasteiger charge is 2.40. The second-order valence-electron chi connectivity index (χ2n) is 4.94. The Bertz CT molecular complexity index is 321. The predicted molar refractivity (Wildman–Crippen MR) is 66.4 cm³/mol. The van der Waals surface area contributed by atoms with Gasteiger partial charge in [-0.3, -0.25) is 0 Å². The van der Waals surface area contributed by atoms with Crippen molar-refractivity contribution in [3.63, 3.8) is 0 Å². The van der Waals surface area contributed by atoms with E-state index in [1.165, 1.54) is 13.2 Å². The third-order valence-corrected chi connectivity index (χ3v) is 2.03. The van der Waals surface area contributed by atoms with Gasteiger partial charge in [0.25, 0.3) is 0 Å². The number of nitrogens with one attached hydrogen (secondary N) is 1. The van der Waals surface area contributed by atoms with Gasteiger partial charge in [-0.25, -0.2) is 9.59 Å². The molecule has 0 heterocycles. The zero-order valence-electron chi connectivity index (χ0n) is 11.3. The van der Waals surface area contributed by atoms with Crippen LogP contribution in [0.2, 0.25) is 0 Å². The monoisotopic (exact) mass is 259 g/mol. The zero-order valence-corrected chi connectivity index (χ0v) is 11.3. The number of hydrogen-bond acceptors (Lipinski definition) is 4. The Morgan fingerprint density at radius 1 is 1.39 bits per heavy atom. The minimum atomic E-state index is -1.56. The number of ether oxygens (including phenoxy) is 2. The fourth-order valence-electron chi connectivity index (χ4n) is 1.34. The quantitative estimate of drug-likeness (QED) is 0.707. The first kappa shape index (κ1) is 16.4. The third-order valence-electron chi connectivity index (χ3n) is 2.03. The molecule has 18 heavy (non-hydrogen) atoms. The van der Waals surface area contributed by atoms with Gasteiger partial charge < -0.3 is 19.9 Å². The Labute approximate surface area is 107 Å². The van der Waals surface area contributed by atoms with Gasteiger partial charge in [-0.1, -0.05) is 6.08 Å². The molecule has 0 saturated heterocycles. The summed E-state index contributed by atoms with van der Waals surface area (Å²) >= 11 is 0. The number of carboxylic acids is 1. The van der Waals surface area contributed by atoms with Gasteiger partial charge in [-0.05, 0) is 20.8 Å². The highest BCUT2D eigenvalue weighted by atomic mass is 16.6. The van der Waals surface area contributed by atoms with Crippen LogP contribution >= 0.6 is 0 Å². The van der Waals surface area contributed by atoms with Crippen LogP contribution in [0.25, 0.3) is 0 Å². The Kier molecular flexibility index (Phi) is 5.84. The molecule has 0 rings (SSSR count). The van der Waals surface area contributed by atoms with Gasteiger partial charge in [-0.15, -0.1) is 6.58 Å². The van der Waals surface area contributed by atoms with Crippen LogP contribution in [0.1, 0.15) is 27.2 Å². The number of carboxylic acid groups (broad SMARTS) is 1. The van der Waals surface area contributed by atoms with Crippen LogP contribution in [-0.2, 0) is 14.3 Å². The molecule has 2 N–H and O–H groups in total. The number of carbonyl (C=O) groups is 2.